The van der Waals surface area contributed by atoms with Crippen molar-refractivity contribution in [2.45, 2.75) is 33.1 Å². The first kappa shape index (κ1) is 13.5. The van der Waals surface area contributed by atoms with E-state index in [1.54, 1.807) is 0 Å². The van der Waals surface area contributed by atoms with Crippen LogP contribution >= 0.6 is 0 Å². The van der Waals surface area contributed by atoms with Crippen LogP contribution in [0.1, 0.15) is 43.0 Å². The maximum Gasteiger partial charge on any atom is 0.0632 e. The summed E-state index contributed by atoms with van der Waals surface area (Å²) in [5.74, 6) is 0. The van der Waals surface area contributed by atoms with Crippen LogP contribution < -0.4 is 0 Å². The number of pyridine rings is 1. The third-order valence-electron chi connectivity index (χ3n) is 3.30. The van der Waals surface area contributed by atoms with Gasteiger partial charge in [0, 0.05) is 6.20 Å². The molecule has 0 aliphatic carbocycles. The van der Waals surface area contributed by atoms with Crippen LogP contribution in [0.3, 0.4) is 0 Å². The van der Waals surface area contributed by atoms with Crippen molar-refractivity contribution in [2.24, 2.45) is 0 Å². The van der Waals surface area contributed by atoms with Crippen molar-refractivity contribution in [1.82, 2.24) is 4.98 Å². The summed E-state index contributed by atoms with van der Waals surface area (Å²) in [6.07, 6.45) is 7.61. The Morgan fingerprint density at radius 3 is 2.58 bits per heavy atom. The first-order valence-electron chi connectivity index (χ1n) is 6.99. The van der Waals surface area contributed by atoms with E-state index in [2.05, 4.69) is 55.2 Å². The Kier molecular flexibility index (Phi) is 4.91. The molecule has 0 aliphatic rings. The van der Waals surface area contributed by atoms with Gasteiger partial charge in [0.2, 0.25) is 0 Å². The van der Waals surface area contributed by atoms with Crippen LogP contribution in [0.5, 0.6) is 0 Å². The molecule has 0 bridgehead atoms. The summed E-state index contributed by atoms with van der Waals surface area (Å²) >= 11 is 0. The second-order valence-electron chi connectivity index (χ2n) is 4.84. The summed E-state index contributed by atoms with van der Waals surface area (Å²) in [7, 11) is 0. The highest BCUT2D eigenvalue weighted by molar-refractivity contribution is 5.81. The lowest BCUT2D eigenvalue weighted by Crippen LogP contribution is -1.90. The summed E-state index contributed by atoms with van der Waals surface area (Å²) in [5.41, 5.74) is 5.11. The average Bonchev–Trinajstić information content (AvgIpc) is 2.45. The topological polar surface area (TPSA) is 12.9 Å². The Bertz CT molecular complexity index is 541. The maximum atomic E-state index is 4.41. The lowest BCUT2D eigenvalue weighted by atomic mass is 9.95. The van der Waals surface area contributed by atoms with Gasteiger partial charge in [-0.25, -0.2) is 0 Å². The minimum Gasteiger partial charge on any atom is -0.257 e. The van der Waals surface area contributed by atoms with E-state index in [-0.39, 0.29) is 0 Å². The van der Waals surface area contributed by atoms with Crippen molar-refractivity contribution in [2.75, 3.05) is 0 Å². The van der Waals surface area contributed by atoms with Crippen LogP contribution in [0, 0.1) is 6.92 Å². The van der Waals surface area contributed by atoms with Crippen LogP contribution in [0.4, 0.5) is 0 Å². The van der Waals surface area contributed by atoms with E-state index >= 15 is 0 Å². The minimum absolute atomic E-state index is 1.04. The second kappa shape index (κ2) is 6.89. The standard InChI is InChI=1S/C18H21N/c1-3-4-10-16(14-17-11-7-8-13-19-17)18-12-6-5-9-15(18)2/h5-9,11-14H,3-4,10H2,1-2H3/b16-14-. The van der Waals surface area contributed by atoms with Gasteiger partial charge in [0.25, 0.3) is 0 Å². The van der Waals surface area contributed by atoms with E-state index in [0.29, 0.717) is 0 Å². The van der Waals surface area contributed by atoms with Gasteiger partial charge in [0.1, 0.15) is 0 Å². The molecule has 0 saturated carbocycles. The largest absolute Gasteiger partial charge is 0.257 e. The maximum absolute atomic E-state index is 4.41. The predicted molar refractivity (Wildman–Crippen MR) is 82.8 cm³/mol. The van der Waals surface area contributed by atoms with Gasteiger partial charge < -0.3 is 0 Å². The van der Waals surface area contributed by atoms with Crippen molar-refractivity contribution in [3.05, 3.63) is 65.5 Å². The number of unbranched alkanes of at least 4 members (excludes halogenated alkanes) is 1. The molecule has 1 aromatic heterocycles. The zero-order chi connectivity index (χ0) is 13.5. The summed E-state index contributed by atoms with van der Waals surface area (Å²) < 4.78 is 0. The molecular weight excluding hydrogens is 230 g/mol. The van der Waals surface area contributed by atoms with Gasteiger partial charge in [0.15, 0.2) is 0 Å². The predicted octanol–water partition coefficient (Wildman–Crippen LogP) is 5.12. The highest BCUT2D eigenvalue weighted by atomic mass is 14.6. The Hall–Kier alpha value is -1.89. The van der Waals surface area contributed by atoms with E-state index < -0.39 is 0 Å². The lowest BCUT2D eigenvalue weighted by Gasteiger charge is -2.10. The van der Waals surface area contributed by atoms with Gasteiger partial charge in [-0.3, -0.25) is 4.98 Å². The highest BCUT2D eigenvalue weighted by Gasteiger charge is 2.05. The fraction of sp³-hybridized carbons (Fsp3) is 0.278. The zero-order valence-electron chi connectivity index (χ0n) is 11.8. The Labute approximate surface area is 116 Å². The summed E-state index contributed by atoms with van der Waals surface area (Å²) in [6, 6.07) is 14.6. The highest BCUT2D eigenvalue weighted by Crippen LogP contribution is 2.25. The number of nitrogens with zero attached hydrogens (tertiary/aromatic N) is 1. The molecule has 0 radical (unpaired) electrons. The molecule has 1 heteroatoms. The SMILES string of the molecule is CCCC/C(=C/c1ccccn1)c1ccccc1C. The second-order valence-corrected chi connectivity index (χ2v) is 4.84. The summed E-state index contributed by atoms with van der Waals surface area (Å²) in [6.45, 7) is 4.41. The van der Waals surface area contributed by atoms with Crippen molar-refractivity contribution < 1.29 is 0 Å². The van der Waals surface area contributed by atoms with Crippen molar-refractivity contribution in [3.63, 3.8) is 0 Å². The molecule has 0 saturated heterocycles. The summed E-state index contributed by atoms with van der Waals surface area (Å²) in [4.78, 5) is 4.41. The number of benzene rings is 1. The van der Waals surface area contributed by atoms with E-state index in [1.165, 1.54) is 29.5 Å². The Balaban J connectivity index is 2.36. The molecule has 0 aliphatic heterocycles. The zero-order valence-corrected chi connectivity index (χ0v) is 11.8. The Morgan fingerprint density at radius 1 is 1.11 bits per heavy atom. The number of hydrogen-bond donors (Lipinski definition) is 0. The number of hydrogen-bond acceptors (Lipinski definition) is 1. The quantitative estimate of drug-likeness (QED) is 0.718. The molecule has 2 aromatic rings. The molecular formula is C18H21N. The third kappa shape index (κ3) is 3.78. The van der Waals surface area contributed by atoms with Crippen LogP contribution in [0.2, 0.25) is 0 Å². The number of rotatable bonds is 5. The first-order valence-corrected chi connectivity index (χ1v) is 6.99. The van der Waals surface area contributed by atoms with Crippen molar-refractivity contribution in [1.29, 1.82) is 0 Å². The van der Waals surface area contributed by atoms with E-state index in [4.69, 9.17) is 0 Å². The molecule has 0 fully saturated rings. The van der Waals surface area contributed by atoms with Crippen LogP contribution in [0.15, 0.2) is 48.7 Å². The van der Waals surface area contributed by atoms with Crippen LogP contribution in [-0.2, 0) is 0 Å². The fourth-order valence-electron chi connectivity index (χ4n) is 2.22. The molecule has 0 unspecified atom stereocenters. The monoisotopic (exact) mass is 251 g/mol. The van der Waals surface area contributed by atoms with Crippen LogP contribution in [0.25, 0.3) is 11.6 Å². The third-order valence-corrected chi connectivity index (χ3v) is 3.30. The van der Waals surface area contributed by atoms with Gasteiger partial charge in [-0.1, -0.05) is 43.7 Å². The van der Waals surface area contributed by atoms with Gasteiger partial charge in [0.05, 0.1) is 5.69 Å². The Morgan fingerprint density at radius 2 is 1.89 bits per heavy atom. The molecule has 1 heterocycles. The molecule has 2 rings (SSSR count). The van der Waals surface area contributed by atoms with Gasteiger partial charge in [-0.05, 0) is 54.7 Å². The summed E-state index contributed by atoms with van der Waals surface area (Å²) in [5, 5.41) is 0. The molecule has 0 N–H and O–H groups in total. The van der Waals surface area contributed by atoms with Crippen molar-refractivity contribution in [3.8, 4) is 0 Å². The smallest absolute Gasteiger partial charge is 0.0632 e. The molecule has 0 atom stereocenters. The minimum atomic E-state index is 1.04. The van der Waals surface area contributed by atoms with E-state index in [9.17, 15) is 0 Å². The lowest BCUT2D eigenvalue weighted by molar-refractivity contribution is 0.825. The van der Waals surface area contributed by atoms with Gasteiger partial charge in [-0.15, -0.1) is 0 Å². The fourth-order valence-corrected chi connectivity index (χ4v) is 2.22. The molecule has 1 nitrogen and oxygen atoms in total. The van der Waals surface area contributed by atoms with E-state index in [1.807, 2.05) is 18.3 Å². The molecule has 0 amide bonds. The molecule has 19 heavy (non-hydrogen) atoms. The molecule has 1 aromatic carbocycles. The average molecular weight is 251 g/mol. The van der Waals surface area contributed by atoms with Gasteiger partial charge >= 0.3 is 0 Å². The van der Waals surface area contributed by atoms with E-state index in [0.717, 1.165) is 12.1 Å². The number of aromatic nitrogens is 1. The normalized spacial score (nSPS) is 11.6. The van der Waals surface area contributed by atoms with Gasteiger partial charge in [-0.2, -0.15) is 0 Å². The van der Waals surface area contributed by atoms with Crippen LogP contribution in [-0.4, -0.2) is 4.98 Å². The first-order chi connectivity index (χ1) is 9.31. The number of allylic oxidation sites excluding steroid dienone is 1. The van der Waals surface area contributed by atoms with Crippen molar-refractivity contribution >= 4 is 11.6 Å². The molecule has 0 spiro atoms. The molecule has 98 valence electrons. The number of aryl methyl sites for hydroxylation is 1.